The van der Waals surface area contributed by atoms with Gasteiger partial charge in [0.25, 0.3) is 5.91 Å². The van der Waals surface area contributed by atoms with Crippen molar-refractivity contribution in [3.63, 3.8) is 0 Å². The van der Waals surface area contributed by atoms with Crippen molar-refractivity contribution in [3.05, 3.63) is 51.2 Å². The number of thiazole rings is 1. The molecule has 1 aromatic carbocycles. The molecule has 4 N–H and O–H groups in total. The number of aliphatic hydroxyl groups is 1. The van der Waals surface area contributed by atoms with Gasteiger partial charge in [-0.1, -0.05) is 60.5 Å². The first-order valence-electron chi connectivity index (χ1n) is 28.0. The van der Waals surface area contributed by atoms with E-state index in [1.54, 1.807) is 25.3 Å². The Morgan fingerprint density at radius 3 is 2.39 bits per heavy atom. The van der Waals surface area contributed by atoms with Gasteiger partial charge in [0.05, 0.1) is 36.8 Å². The maximum atomic E-state index is 14.8. The molecule has 4 amide bonds. The van der Waals surface area contributed by atoms with Gasteiger partial charge in [0.2, 0.25) is 17.7 Å². The Labute approximate surface area is 461 Å². The highest BCUT2D eigenvalue weighted by Gasteiger charge is 2.39. The fraction of sp³-hybridized carbons (Fsp3) is 0.737. The van der Waals surface area contributed by atoms with Crippen LogP contribution in [0.15, 0.2) is 23.6 Å². The number of nitrogens with one attached hydrogen (secondary N) is 3. The van der Waals surface area contributed by atoms with Crippen molar-refractivity contribution < 1.29 is 61.9 Å². The Morgan fingerprint density at radius 2 is 1.74 bits per heavy atom. The number of aromatic nitrogens is 1. The number of aliphatic hydroxyl groups excluding tert-OH is 1. The second-order valence-electron chi connectivity index (χ2n) is 22.3. The average molecular weight is 1100 g/mol. The molecule has 2 heterocycles. The molecule has 0 spiro atoms. The number of carbonyl (C=O) groups excluding carboxylic acids is 6. The van der Waals surface area contributed by atoms with E-state index in [1.807, 2.05) is 60.4 Å². The number of nitrogens with zero attached hydrogens (tertiary/aromatic N) is 3. The summed E-state index contributed by atoms with van der Waals surface area (Å²) < 4.78 is 43.7. The molecule has 3 unspecified atom stereocenters. The van der Waals surface area contributed by atoms with Crippen molar-refractivity contribution in [2.75, 3.05) is 46.5 Å². The summed E-state index contributed by atoms with van der Waals surface area (Å²) in [5.74, 6) is -3.74. The lowest BCUT2D eigenvalue weighted by Crippen LogP contribution is -2.58. The van der Waals surface area contributed by atoms with Crippen LogP contribution in [0.1, 0.15) is 185 Å². The molecule has 20 heteroatoms. The van der Waals surface area contributed by atoms with E-state index in [9.17, 15) is 38.3 Å². The number of rotatable bonds is 31. The van der Waals surface area contributed by atoms with Crippen LogP contribution in [0.4, 0.5) is 4.39 Å². The molecule has 1 aliphatic carbocycles. The molecule has 0 bridgehead atoms. The molecule has 434 valence electrons. The number of halogens is 1. The first-order valence-corrected chi connectivity index (χ1v) is 28.9. The minimum absolute atomic E-state index is 0.00986. The number of hydrogen-bond acceptors (Lipinski definition) is 15. The number of benzene rings is 1. The third-order valence-electron chi connectivity index (χ3n) is 14.1. The summed E-state index contributed by atoms with van der Waals surface area (Å²) in [6.07, 6.45) is 3.25. The SMILES string of the molecule is CCCO[C@H](C[C@H](C(C)C)N(CCC)C(=O)[C@@H](NC(=O)[C@H]1CCCCN1C)[C@@H](C)CC)c1nc(C(=O)N[C@H]2Cc3ccc(F)cc3[C@H](C(=O)OC(C)CNC(=O)CCCC(=O)OCC(OC(C)CO)OC(C)(C)C)C2)cs1. The molecule has 1 fully saturated rings. The summed E-state index contributed by atoms with van der Waals surface area (Å²) >= 11 is 1.30. The summed E-state index contributed by atoms with van der Waals surface area (Å²) in [6.45, 7) is 22.4. The first kappa shape index (κ1) is 64.9. The lowest BCUT2D eigenvalue weighted by Gasteiger charge is -2.40. The van der Waals surface area contributed by atoms with Gasteiger partial charge in [-0.15, -0.1) is 11.3 Å². The highest BCUT2D eigenvalue weighted by molar-refractivity contribution is 7.09. The van der Waals surface area contributed by atoms with E-state index < -0.39 is 71.9 Å². The van der Waals surface area contributed by atoms with Gasteiger partial charge in [-0.05, 0) is 128 Å². The van der Waals surface area contributed by atoms with Crippen molar-refractivity contribution >= 4 is 46.9 Å². The maximum absolute atomic E-state index is 14.8. The van der Waals surface area contributed by atoms with Gasteiger partial charge in [0.1, 0.15) is 41.4 Å². The number of likely N-dealkylation sites (N-methyl/N-ethyl adjacent to an activating group) is 1. The van der Waals surface area contributed by atoms with E-state index in [0.29, 0.717) is 55.0 Å². The van der Waals surface area contributed by atoms with Crippen LogP contribution in [-0.2, 0) is 54.1 Å². The molecular formula is C57H91FN6O12S. The van der Waals surface area contributed by atoms with E-state index in [-0.39, 0.29) is 92.8 Å². The quantitative estimate of drug-likeness (QED) is 0.0423. The highest BCUT2D eigenvalue weighted by atomic mass is 32.1. The molecule has 2 aromatic rings. The van der Waals surface area contributed by atoms with Gasteiger partial charge in [-0.3, -0.25) is 33.7 Å². The Bertz CT molecular complexity index is 2210. The molecule has 18 nitrogen and oxygen atoms in total. The summed E-state index contributed by atoms with van der Waals surface area (Å²) in [5, 5.41) is 20.6. The van der Waals surface area contributed by atoms with Gasteiger partial charge < -0.3 is 49.6 Å². The number of amides is 4. The maximum Gasteiger partial charge on any atom is 0.313 e. The second-order valence-corrected chi connectivity index (χ2v) is 23.1. The summed E-state index contributed by atoms with van der Waals surface area (Å²) in [5.41, 5.74) is 0.734. The van der Waals surface area contributed by atoms with Crippen molar-refractivity contribution in [1.82, 2.24) is 30.7 Å². The average Bonchev–Trinajstić information content (AvgIpc) is 3.88. The number of hydrogen-bond donors (Lipinski definition) is 4. The molecule has 1 saturated heterocycles. The van der Waals surface area contributed by atoms with Crippen LogP contribution in [-0.4, -0.2) is 150 Å². The normalized spacial score (nSPS) is 19.6. The Kier molecular flexibility index (Phi) is 26.9. The van der Waals surface area contributed by atoms with Crippen LogP contribution in [0, 0.1) is 17.7 Å². The minimum atomic E-state index is -0.920. The lowest BCUT2D eigenvalue weighted by atomic mass is 9.80. The van der Waals surface area contributed by atoms with Crippen LogP contribution in [0.5, 0.6) is 0 Å². The van der Waals surface area contributed by atoms with Crippen LogP contribution >= 0.6 is 11.3 Å². The number of fused-ring (bicyclic) bond motifs is 1. The standard InChI is InChI=1S/C57H91FN6O12S/c1-13-24-64(55(70)51(36(6)15-3)62-53(69)45-19-16-17-25-63(45)12)46(35(4)5)30-47(72-26-14-2)54-61-44(34-77-54)52(68)60-41-27-39-22-23-40(58)28-42(39)43(29-41)56(71)75-37(7)31-59-48(66)20-18-21-49(67)73-33-50(74-38(8)32-65)76-57(9,10)11/h22-23,28,34-38,41,43,45-47,50-51,65H,13-21,24-27,29-33H2,1-12H3,(H,59,66)(H,60,68)(H,62,69)/t36-,37?,38?,41-,43+,45+,46+,47+,50?,51-/m0/s1. The van der Waals surface area contributed by atoms with Crippen molar-refractivity contribution in [1.29, 1.82) is 0 Å². The van der Waals surface area contributed by atoms with E-state index >= 15 is 0 Å². The zero-order valence-electron chi connectivity index (χ0n) is 48.0. The highest BCUT2D eigenvalue weighted by Crippen LogP contribution is 2.35. The first-order chi connectivity index (χ1) is 36.5. The second kappa shape index (κ2) is 31.9. The number of carbonyl (C=O) groups is 6. The largest absolute Gasteiger partial charge is 0.460 e. The molecule has 1 aliphatic heterocycles. The predicted molar refractivity (Wildman–Crippen MR) is 292 cm³/mol. The van der Waals surface area contributed by atoms with E-state index in [0.717, 1.165) is 32.2 Å². The summed E-state index contributed by atoms with van der Waals surface area (Å²) in [4.78, 5) is 90.4. The number of likely N-dealkylation sites (tertiary alicyclic amines) is 1. The molecule has 0 saturated carbocycles. The Hall–Kier alpha value is -4.60. The van der Waals surface area contributed by atoms with Crippen LogP contribution in [0.3, 0.4) is 0 Å². The van der Waals surface area contributed by atoms with Crippen molar-refractivity contribution in [2.24, 2.45) is 11.8 Å². The molecule has 1 aromatic heterocycles. The Morgan fingerprint density at radius 1 is 1.00 bits per heavy atom. The fourth-order valence-electron chi connectivity index (χ4n) is 9.74. The third-order valence-corrected chi connectivity index (χ3v) is 15.0. The molecule has 77 heavy (non-hydrogen) atoms. The molecule has 10 atom stereocenters. The van der Waals surface area contributed by atoms with Gasteiger partial charge >= 0.3 is 11.9 Å². The van der Waals surface area contributed by atoms with Gasteiger partial charge in [0.15, 0.2) is 6.29 Å². The smallest absolute Gasteiger partial charge is 0.313 e. The topological polar surface area (TPSA) is 224 Å². The van der Waals surface area contributed by atoms with Gasteiger partial charge in [0, 0.05) is 49.9 Å². The predicted octanol–water partition coefficient (Wildman–Crippen LogP) is 7.55. The third kappa shape index (κ3) is 20.9. The van der Waals surface area contributed by atoms with Crippen LogP contribution in [0.25, 0.3) is 0 Å². The zero-order chi connectivity index (χ0) is 57.0. The summed E-state index contributed by atoms with van der Waals surface area (Å²) in [7, 11) is 1.96. The van der Waals surface area contributed by atoms with Crippen molar-refractivity contribution in [3.8, 4) is 0 Å². The number of esters is 2. The molecule has 4 rings (SSSR count). The monoisotopic (exact) mass is 1100 g/mol. The van der Waals surface area contributed by atoms with E-state index in [1.165, 1.54) is 23.5 Å². The van der Waals surface area contributed by atoms with Crippen molar-refractivity contribution in [2.45, 2.75) is 213 Å². The van der Waals surface area contributed by atoms with Crippen LogP contribution in [0.2, 0.25) is 0 Å². The molecule has 0 radical (unpaired) electrons. The lowest BCUT2D eigenvalue weighted by molar-refractivity contribution is -0.235. The van der Waals surface area contributed by atoms with Gasteiger partial charge in [-0.2, -0.15) is 0 Å². The van der Waals surface area contributed by atoms with Gasteiger partial charge in [-0.25, -0.2) is 9.37 Å². The number of piperidine rings is 1. The zero-order valence-corrected chi connectivity index (χ0v) is 48.8. The van der Waals surface area contributed by atoms with E-state index in [2.05, 4.69) is 34.7 Å². The van der Waals surface area contributed by atoms with Crippen LogP contribution < -0.4 is 16.0 Å². The molecular weight excluding hydrogens is 1010 g/mol. The minimum Gasteiger partial charge on any atom is -0.460 e. The van der Waals surface area contributed by atoms with E-state index in [4.69, 9.17) is 28.7 Å². The summed E-state index contributed by atoms with van der Waals surface area (Å²) in [6, 6.07) is 2.45. The number of ether oxygens (including phenoxy) is 5. The molecule has 2 aliphatic rings. The Balaban J connectivity index is 1.39. The fourth-order valence-corrected chi connectivity index (χ4v) is 10.6.